The number of para-hydroxylation sites is 2. The number of hydrogen-bond acceptors (Lipinski definition) is 4. The zero-order chi connectivity index (χ0) is 13.9. The second-order valence-corrected chi connectivity index (χ2v) is 4.47. The number of fused-ring (bicyclic) bond motifs is 1. The molecule has 0 fully saturated rings. The average molecular weight is 270 g/mol. The zero-order valence-corrected chi connectivity index (χ0v) is 10.7. The summed E-state index contributed by atoms with van der Waals surface area (Å²) in [5, 5.41) is 11.7. The van der Waals surface area contributed by atoms with Crippen LogP contribution in [-0.2, 0) is 0 Å². The number of rotatable bonds is 2. The van der Waals surface area contributed by atoms with Gasteiger partial charge in [0, 0.05) is 5.56 Å². The summed E-state index contributed by atoms with van der Waals surface area (Å²) in [6, 6.07) is 14.9. The lowest BCUT2D eigenvalue weighted by Crippen LogP contribution is -2.22. The van der Waals surface area contributed by atoms with Crippen molar-refractivity contribution in [3.63, 3.8) is 0 Å². The summed E-state index contributed by atoms with van der Waals surface area (Å²) in [7, 11) is 0. The molecule has 5 nitrogen and oxygen atoms in total. The highest BCUT2D eigenvalue weighted by Gasteiger charge is 2.22. The van der Waals surface area contributed by atoms with Crippen LogP contribution in [0.4, 0.5) is 0 Å². The third-order valence-corrected chi connectivity index (χ3v) is 3.17. The minimum Gasteiger partial charge on any atom is -0.485 e. The maximum Gasteiger partial charge on any atom is 0.170 e. The van der Waals surface area contributed by atoms with Crippen LogP contribution in [-0.4, -0.2) is 17.6 Å². The van der Waals surface area contributed by atoms with E-state index >= 15 is 0 Å². The molecule has 0 aliphatic carbocycles. The second kappa shape index (κ2) is 5.13. The summed E-state index contributed by atoms with van der Waals surface area (Å²) in [5.74, 6) is 1.54. The first-order chi connectivity index (χ1) is 9.78. The Kier molecular flexibility index (Phi) is 3.16. The van der Waals surface area contributed by atoms with Gasteiger partial charge in [0.05, 0.1) is 0 Å². The number of oxime groups is 1. The molecule has 0 saturated carbocycles. The summed E-state index contributed by atoms with van der Waals surface area (Å²) < 4.78 is 11.6. The molecule has 1 aliphatic heterocycles. The highest BCUT2D eigenvalue weighted by atomic mass is 16.6. The van der Waals surface area contributed by atoms with E-state index in [9.17, 15) is 0 Å². The van der Waals surface area contributed by atoms with E-state index in [1.807, 2.05) is 42.5 Å². The van der Waals surface area contributed by atoms with E-state index < -0.39 is 0 Å². The van der Waals surface area contributed by atoms with Crippen LogP contribution in [0.15, 0.2) is 53.7 Å². The van der Waals surface area contributed by atoms with Crippen molar-refractivity contribution in [2.24, 2.45) is 10.9 Å². The van der Waals surface area contributed by atoms with Gasteiger partial charge in [0.2, 0.25) is 0 Å². The third-order valence-electron chi connectivity index (χ3n) is 3.17. The molecule has 0 amide bonds. The van der Waals surface area contributed by atoms with E-state index in [4.69, 9.17) is 20.4 Å². The van der Waals surface area contributed by atoms with Crippen LogP contribution in [0.1, 0.15) is 17.2 Å². The van der Waals surface area contributed by atoms with Crippen LogP contribution in [0, 0.1) is 0 Å². The van der Waals surface area contributed by atoms with Crippen molar-refractivity contribution in [1.29, 1.82) is 0 Å². The van der Waals surface area contributed by atoms with E-state index in [-0.39, 0.29) is 11.9 Å². The third kappa shape index (κ3) is 2.25. The number of nitrogens with two attached hydrogens (primary N) is 1. The van der Waals surface area contributed by atoms with Crippen LogP contribution < -0.4 is 15.2 Å². The lowest BCUT2D eigenvalue weighted by Gasteiger charge is -2.26. The largest absolute Gasteiger partial charge is 0.485 e. The van der Waals surface area contributed by atoms with Crippen molar-refractivity contribution in [1.82, 2.24) is 0 Å². The van der Waals surface area contributed by atoms with Gasteiger partial charge in [-0.05, 0) is 23.8 Å². The van der Waals surface area contributed by atoms with Gasteiger partial charge in [0.25, 0.3) is 0 Å². The first-order valence-corrected chi connectivity index (χ1v) is 6.24. The van der Waals surface area contributed by atoms with Crippen molar-refractivity contribution in [3.05, 3.63) is 59.7 Å². The molecular formula is C15H14N2O3. The molecule has 3 rings (SSSR count). The first-order valence-electron chi connectivity index (χ1n) is 6.24. The Labute approximate surface area is 116 Å². The summed E-state index contributed by atoms with van der Waals surface area (Å²) in [6.45, 7) is 0.427. The second-order valence-electron chi connectivity index (χ2n) is 4.47. The van der Waals surface area contributed by atoms with Gasteiger partial charge in [-0.25, -0.2) is 0 Å². The molecule has 2 aromatic rings. The highest BCUT2D eigenvalue weighted by Crippen LogP contribution is 2.35. The van der Waals surface area contributed by atoms with Crippen molar-refractivity contribution >= 4 is 5.84 Å². The van der Waals surface area contributed by atoms with Crippen LogP contribution in [0.5, 0.6) is 11.5 Å². The molecule has 1 unspecified atom stereocenters. The van der Waals surface area contributed by atoms with Crippen LogP contribution in [0.3, 0.4) is 0 Å². The first kappa shape index (κ1) is 12.3. The Balaban J connectivity index is 1.88. The fourth-order valence-electron chi connectivity index (χ4n) is 2.14. The Hall–Kier alpha value is -2.69. The van der Waals surface area contributed by atoms with E-state index in [0.29, 0.717) is 12.2 Å². The van der Waals surface area contributed by atoms with Crippen molar-refractivity contribution in [3.8, 4) is 11.5 Å². The van der Waals surface area contributed by atoms with E-state index in [1.54, 1.807) is 6.07 Å². The van der Waals surface area contributed by atoms with Crippen LogP contribution in [0.25, 0.3) is 0 Å². The molecule has 1 aliphatic rings. The zero-order valence-electron chi connectivity index (χ0n) is 10.7. The van der Waals surface area contributed by atoms with Gasteiger partial charge >= 0.3 is 0 Å². The van der Waals surface area contributed by atoms with Gasteiger partial charge in [-0.1, -0.05) is 35.5 Å². The summed E-state index contributed by atoms with van der Waals surface area (Å²) in [6.07, 6.45) is -0.212. The number of nitrogens with zero attached hydrogens (tertiary/aromatic N) is 1. The molecule has 20 heavy (non-hydrogen) atoms. The Morgan fingerprint density at radius 3 is 2.75 bits per heavy atom. The van der Waals surface area contributed by atoms with Crippen molar-refractivity contribution in [2.45, 2.75) is 6.10 Å². The number of benzene rings is 2. The van der Waals surface area contributed by atoms with E-state index in [1.165, 1.54) is 0 Å². The van der Waals surface area contributed by atoms with Crippen LogP contribution >= 0.6 is 0 Å². The average Bonchev–Trinajstić information content (AvgIpc) is 2.53. The molecule has 2 aromatic carbocycles. The molecule has 0 bridgehead atoms. The minimum absolute atomic E-state index is 0.0731. The highest BCUT2D eigenvalue weighted by molar-refractivity contribution is 5.97. The normalized spacial score (nSPS) is 17.8. The summed E-state index contributed by atoms with van der Waals surface area (Å²) in [4.78, 5) is 0. The van der Waals surface area contributed by atoms with E-state index in [0.717, 1.165) is 17.1 Å². The summed E-state index contributed by atoms with van der Waals surface area (Å²) in [5.41, 5.74) is 7.16. The Bertz CT molecular complexity index is 655. The summed E-state index contributed by atoms with van der Waals surface area (Å²) >= 11 is 0. The van der Waals surface area contributed by atoms with Gasteiger partial charge in [-0.3, -0.25) is 0 Å². The van der Waals surface area contributed by atoms with Crippen LogP contribution in [0.2, 0.25) is 0 Å². The minimum atomic E-state index is -0.212. The number of ether oxygens (including phenoxy) is 2. The monoisotopic (exact) mass is 270 g/mol. The maximum absolute atomic E-state index is 8.73. The molecule has 1 heterocycles. The molecule has 0 aromatic heterocycles. The lowest BCUT2D eigenvalue weighted by atomic mass is 10.1. The molecule has 1 atom stereocenters. The molecular weight excluding hydrogens is 256 g/mol. The smallest absolute Gasteiger partial charge is 0.170 e. The van der Waals surface area contributed by atoms with Gasteiger partial charge in [0.15, 0.2) is 23.4 Å². The quantitative estimate of drug-likeness (QED) is 0.380. The van der Waals surface area contributed by atoms with Gasteiger partial charge in [0.1, 0.15) is 6.61 Å². The van der Waals surface area contributed by atoms with Gasteiger partial charge < -0.3 is 20.4 Å². The predicted octanol–water partition coefficient (Wildman–Crippen LogP) is 2.29. The van der Waals surface area contributed by atoms with Gasteiger partial charge in [-0.2, -0.15) is 0 Å². The number of amidine groups is 1. The fraction of sp³-hybridized carbons (Fsp3) is 0.133. The maximum atomic E-state index is 8.73. The van der Waals surface area contributed by atoms with E-state index in [2.05, 4.69) is 5.16 Å². The van der Waals surface area contributed by atoms with Crippen molar-refractivity contribution in [2.75, 3.05) is 6.61 Å². The fourth-order valence-corrected chi connectivity index (χ4v) is 2.14. The standard InChI is InChI=1S/C15H14N2O3/c16-15(17-18)11-5-3-4-10(8-11)14-9-19-12-6-1-2-7-13(12)20-14/h1-8,14,18H,9H2,(H2,16,17). The topological polar surface area (TPSA) is 77.1 Å². The molecule has 3 N–H and O–H groups in total. The SMILES string of the molecule is N/C(=N/O)c1cccc(C2COc3ccccc3O2)c1. The predicted molar refractivity (Wildman–Crippen MR) is 74.3 cm³/mol. The van der Waals surface area contributed by atoms with Crippen molar-refractivity contribution < 1.29 is 14.7 Å². The lowest BCUT2D eigenvalue weighted by molar-refractivity contribution is 0.0913. The number of hydrogen-bond donors (Lipinski definition) is 2. The molecule has 0 radical (unpaired) electrons. The molecule has 0 spiro atoms. The Morgan fingerprint density at radius 1 is 1.15 bits per heavy atom. The molecule has 102 valence electrons. The molecule has 0 saturated heterocycles. The molecule has 5 heteroatoms. The van der Waals surface area contributed by atoms with Gasteiger partial charge in [-0.15, -0.1) is 0 Å². The Morgan fingerprint density at radius 2 is 1.95 bits per heavy atom.